The molecule has 0 aliphatic rings. The lowest BCUT2D eigenvalue weighted by molar-refractivity contribution is -0.113. The number of ether oxygens (including phenoxy) is 1. The Bertz CT molecular complexity index is 945. The first kappa shape index (κ1) is 18.5. The van der Waals surface area contributed by atoms with E-state index in [0.29, 0.717) is 23.1 Å². The van der Waals surface area contributed by atoms with Gasteiger partial charge in [-0.25, -0.2) is 4.98 Å². The summed E-state index contributed by atoms with van der Waals surface area (Å²) in [4.78, 5) is 16.5. The highest BCUT2D eigenvalue weighted by molar-refractivity contribution is 7.99. The number of carbonyl (C=O) groups is 1. The molecule has 3 aromatic rings. The number of nitrogens with one attached hydrogen (secondary N) is 2. The maximum atomic E-state index is 12.1. The molecule has 136 valence electrons. The van der Waals surface area contributed by atoms with Gasteiger partial charge in [0, 0.05) is 11.3 Å². The molecular weight excluding hydrogens is 362 g/mol. The van der Waals surface area contributed by atoms with E-state index in [0.717, 1.165) is 16.9 Å². The number of amides is 1. The van der Waals surface area contributed by atoms with Crippen molar-refractivity contribution in [2.75, 3.05) is 18.2 Å². The molecule has 0 unspecified atom stereocenters. The molecule has 0 saturated carbocycles. The molecule has 1 amide bonds. The molecule has 8 heteroatoms. The van der Waals surface area contributed by atoms with Crippen LogP contribution in [-0.4, -0.2) is 34.0 Å². The average Bonchev–Trinajstić information content (AvgIpc) is 3.17. The first-order valence-corrected chi connectivity index (χ1v) is 9.12. The summed E-state index contributed by atoms with van der Waals surface area (Å²) in [6.45, 7) is 0. The summed E-state index contributed by atoms with van der Waals surface area (Å²) in [5.74, 6) is 1.45. The highest BCUT2D eigenvalue weighted by Gasteiger charge is 2.09. The number of rotatable bonds is 7. The molecule has 0 fully saturated rings. The molecule has 3 rings (SSSR count). The van der Waals surface area contributed by atoms with Gasteiger partial charge < -0.3 is 10.1 Å². The van der Waals surface area contributed by atoms with Crippen molar-refractivity contribution >= 4 is 23.4 Å². The number of benzene rings is 2. The fraction of sp³-hybridized carbons (Fsp3) is 0.158. The van der Waals surface area contributed by atoms with Gasteiger partial charge in [0.15, 0.2) is 5.82 Å². The molecule has 27 heavy (non-hydrogen) atoms. The summed E-state index contributed by atoms with van der Waals surface area (Å²) in [5.41, 5.74) is 2.49. The maximum Gasteiger partial charge on any atom is 0.234 e. The van der Waals surface area contributed by atoms with Crippen LogP contribution in [0.1, 0.15) is 5.56 Å². The third-order valence-electron chi connectivity index (χ3n) is 3.68. The van der Waals surface area contributed by atoms with Crippen LogP contribution in [0.25, 0.3) is 11.4 Å². The quantitative estimate of drug-likeness (QED) is 0.611. The van der Waals surface area contributed by atoms with Crippen molar-refractivity contribution in [3.63, 3.8) is 0 Å². The van der Waals surface area contributed by atoms with Crippen molar-refractivity contribution in [2.45, 2.75) is 11.6 Å². The molecule has 0 spiro atoms. The van der Waals surface area contributed by atoms with E-state index in [4.69, 9.17) is 10.00 Å². The van der Waals surface area contributed by atoms with E-state index in [9.17, 15) is 4.79 Å². The minimum atomic E-state index is -0.149. The Morgan fingerprint density at radius 2 is 1.96 bits per heavy atom. The second-order valence-corrected chi connectivity index (χ2v) is 6.51. The molecule has 0 saturated heterocycles. The minimum Gasteiger partial charge on any atom is -0.497 e. The predicted octanol–water partition coefficient (Wildman–Crippen LogP) is 3.28. The predicted molar refractivity (Wildman–Crippen MR) is 103 cm³/mol. The summed E-state index contributed by atoms with van der Waals surface area (Å²) >= 11 is 1.25. The number of hydrogen-bond donors (Lipinski definition) is 2. The highest BCUT2D eigenvalue weighted by atomic mass is 32.2. The number of thioether (sulfide) groups is 1. The fourth-order valence-corrected chi connectivity index (χ4v) is 2.91. The van der Waals surface area contributed by atoms with Gasteiger partial charge in [0.1, 0.15) is 5.75 Å². The Morgan fingerprint density at radius 1 is 1.22 bits per heavy atom. The van der Waals surface area contributed by atoms with E-state index < -0.39 is 0 Å². The van der Waals surface area contributed by atoms with Crippen LogP contribution in [0.15, 0.2) is 53.7 Å². The first-order chi connectivity index (χ1) is 13.2. The van der Waals surface area contributed by atoms with Crippen molar-refractivity contribution in [1.29, 1.82) is 5.26 Å². The van der Waals surface area contributed by atoms with Crippen LogP contribution in [0, 0.1) is 11.3 Å². The molecule has 1 aromatic heterocycles. The van der Waals surface area contributed by atoms with E-state index in [2.05, 4.69) is 26.6 Å². The molecule has 0 atom stereocenters. The third-order valence-corrected chi connectivity index (χ3v) is 4.53. The van der Waals surface area contributed by atoms with Crippen LogP contribution < -0.4 is 10.1 Å². The molecule has 0 aliphatic heterocycles. The van der Waals surface area contributed by atoms with Crippen LogP contribution in [-0.2, 0) is 11.2 Å². The van der Waals surface area contributed by atoms with Gasteiger partial charge in [-0.2, -0.15) is 5.26 Å². The molecular formula is C19H17N5O2S. The number of aromatic nitrogens is 3. The lowest BCUT2D eigenvalue weighted by Crippen LogP contribution is -2.14. The van der Waals surface area contributed by atoms with E-state index >= 15 is 0 Å². The monoisotopic (exact) mass is 379 g/mol. The molecule has 2 N–H and O–H groups in total. The summed E-state index contributed by atoms with van der Waals surface area (Å²) < 4.78 is 5.13. The van der Waals surface area contributed by atoms with Crippen LogP contribution in [0.4, 0.5) is 5.69 Å². The first-order valence-electron chi connectivity index (χ1n) is 8.13. The summed E-state index contributed by atoms with van der Waals surface area (Å²) in [6.07, 6.45) is 0.353. The number of anilines is 1. The fourth-order valence-electron chi connectivity index (χ4n) is 2.31. The largest absolute Gasteiger partial charge is 0.497 e. The normalized spacial score (nSPS) is 10.2. The number of nitriles is 1. The van der Waals surface area contributed by atoms with Gasteiger partial charge in [-0.1, -0.05) is 23.9 Å². The van der Waals surface area contributed by atoms with Crippen LogP contribution in [0.5, 0.6) is 5.75 Å². The highest BCUT2D eigenvalue weighted by Crippen LogP contribution is 2.22. The number of hydrogen-bond acceptors (Lipinski definition) is 6. The zero-order chi connectivity index (χ0) is 19.1. The topological polar surface area (TPSA) is 104 Å². The molecule has 2 aromatic carbocycles. The second-order valence-electron chi connectivity index (χ2n) is 5.56. The molecule has 0 bridgehead atoms. The summed E-state index contributed by atoms with van der Waals surface area (Å²) in [6, 6.07) is 16.8. The van der Waals surface area contributed by atoms with Gasteiger partial charge in [0.25, 0.3) is 0 Å². The number of aromatic amines is 1. The smallest absolute Gasteiger partial charge is 0.234 e. The van der Waals surface area contributed by atoms with Crippen LogP contribution in [0.2, 0.25) is 0 Å². The van der Waals surface area contributed by atoms with Gasteiger partial charge in [0.05, 0.1) is 25.4 Å². The van der Waals surface area contributed by atoms with Crippen LogP contribution in [0.3, 0.4) is 0 Å². The van der Waals surface area contributed by atoms with Crippen molar-refractivity contribution in [2.24, 2.45) is 0 Å². The lowest BCUT2D eigenvalue weighted by Gasteiger charge is -2.04. The zero-order valence-electron chi connectivity index (χ0n) is 14.6. The van der Waals surface area contributed by atoms with Gasteiger partial charge in [-0.05, 0) is 42.0 Å². The molecule has 0 radical (unpaired) electrons. The Morgan fingerprint density at radius 3 is 2.63 bits per heavy atom. The lowest BCUT2D eigenvalue weighted by atomic mass is 10.1. The molecule has 1 heterocycles. The SMILES string of the molecule is COc1ccc(-c2nc(SCC(=O)Nc3ccc(CC#N)cc3)n[nH]2)cc1. The number of methoxy groups -OCH3 is 1. The van der Waals surface area contributed by atoms with Gasteiger partial charge in [-0.3, -0.25) is 9.89 Å². The van der Waals surface area contributed by atoms with Crippen molar-refractivity contribution in [3.05, 3.63) is 54.1 Å². The second kappa shape index (κ2) is 8.87. The molecule has 0 aliphatic carbocycles. The Hall–Kier alpha value is -3.31. The Labute approximate surface area is 160 Å². The van der Waals surface area contributed by atoms with Gasteiger partial charge >= 0.3 is 0 Å². The number of H-pyrrole nitrogens is 1. The third kappa shape index (κ3) is 5.09. The van der Waals surface area contributed by atoms with Crippen molar-refractivity contribution in [1.82, 2.24) is 15.2 Å². The number of nitrogens with zero attached hydrogens (tertiary/aromatic N) is 3. The summed E-state index contributed by atoms with van der Waals surface area (Å²) in [7, 11) is 1.62. The van der Waals surface area contributed by atoms with Crippen LogP contribution >= 0.6 is 11.8 Å². The van der Waals surface area contributed by atoms with Gasteiger partial charge in [0.2, 0.25) is 11.1 Å². The Balaban J connectivity index is 1.53. The van der Waals surface area contributed by atoms with Gasteiger partial charge in [-0.15, -0.1) is 5.10 Å². The van der Waals surface area contributed by atoms with E-state index in [1.165, 1.54) is 11.8 Å². The standard InChI is InChI=1S/C19H17N5O2S/c1-26-16-8-4-14(5-9-16)18-22-19(24-23-18)27-12-17(25)21-15-6-2-13(3-7-15)10-11-20/h2-9H,10,12H2,1H3,(H,21,25)(H,22,23,24). The van der Waals surface area contributed by atoms with Crippen molar-refractivity contribution in [3.8, 4) is 23.2 Å². The van der Waals surface area contributed by atoms with E-state index in [1.54, 1.807) is 19.2 Å². The van der Waals surface area contributed by atoms with E-state index in [-0.39, 0.29) is 11.7 Å². The maximum absolute atomic E-state index is 12.1. The minimum absolute atomic E-state index is 0.149. The Kier molecular flexibility index (Phi) is 6.07. The average molecular weight is 379 g/mol. The number of carbonyl (C=O) groups excluding carboxylic acids is 1. The summed E-state index contributed by atoms with van der Waals surface area (Å²) in [5, 5.41) is 19.0. The zero-order valence-corrected chi connectivity index (χ0v) is 15.4. The van der Waals surface area contributed by atoms with E-state index in [1.807, 2.05) is 36.4 Å². The molecule has 7 nitrogen and oxygen atoms in total. The van der Waals surface area contributed by atoms with Crippen molar-refractivity contribution < 1.29 is 9.53 Å².